The maximum absolute atomic E-state index is 13.5. The second kappa shape index (κ2) is 6.86. The van der Waals surface area contributed by atoms with Crippen molar-refractivity contribution in [3.8, 4) is 0 Å². The molecule has 0 bridgehead atoms. The maximum Gasteiger partial charge on any atom is 0.254 e. The first-order valence-corrected chi connectivity index (χ1v) is 7.09. The fraction of sp³-hybridized carbons (Fsp3) is 0.462. The Bertz CT molecular complexity index is 464. The summed E-state index contributed by atoms with van der Waals surface area (Å²) in [6, 6.07) is 1.56. The summed E-state index contributed by atoms with van der Waals surface area (Å²) in [6.45, 7) is 3.10. The molecule has 0 aliphatic carbocycles. The van der Waals surface area contributed by atoms with Gasteiger partial charge in [0.25, 0.3) is 5.91 Å². The Labute approximate surface area is 115 Å². The highest BCUT2D eigenvalue weighted by atomic mass is 32.2. The molecule has 3 nitrogen and oxygen atoms in total. The number of aliphatic hydroxyl groups is 1. The lowest BCUT2D eigenvalue weighted by Crippen LogP contribution is -2.41. The van der Waals surface area contributed by atoms with E-state index < -0.39 is 17.5 Å². The highest BCUT2D eigenvalue weighted by Gasteiger charge is 2.20. The summed E-state index contributed by atoms with van der Waals surface area (Å²) in [5.74, 6) is -2.18. The zero-order valence-corrected chi connectivity index (χ0v) is 11.9. The van der Waals surface area contributed by atoms with E-state index in [9.17, 15) is 13.6 Å². The van der Waals surface area contributed by atoms with Crippen LogP contribution in [0.25, 0.3) is 0 Å². The molecule has 1 rings (SSSR count). The molecule has 2 N–H and O–H groups in total. The molecule has 0 saturated carbocycles. The lowest BCUT2D eigenvalue weighted by Gasteiger charge is -2.21. The van der Waals surface area contributed by atoms with Crippen LogP contribution in [0.2, 0.25) is 0 Å². The molecule has 0 aliphatic heterocycles. The highest BCUT2D eigenvalue weighted by molar-refractivity contribution is 7.99. The van der Waals surface area contributed by atoms with Crippen LogP contribution in [-0.4, -0.2) is 35.2 Å². The summed E-state index contributed by atoms with van der Waals surface area (Å²) >= 11 is 1.41. The lowest BCUT2D eigenvalue weighted by molar-refractivity contribution is 0.0931. The van der Waals surface area contributed by atoms with Crippen molar-refractivity contribution in [3.05, 3.63) is 34.9 Å². The first-order valence-electron chi connectivity index (χ1n) is 5.80. The van der Waals surface area contributed by atoms with Crippen molar-refractivity contribution in [2.24, 2.45) is 0 Å². The second-order valence-electron chi connectivity index (χ2n) is 4.30. The van der Waals surface area contributed by atoms with E-state index in [1.807, 2.05) is 6.26 Å². The van der Waals surface area contributed by atoms with Crippen LogP contribution >= 0.6 is 11.8 Å². The number of benzene rings is 1. The van der Waals surface area contributed by atoms with Crippen LogP contribution in [-0.2, 0) is 0 Å². The number of thioether (sulfide) groups is 1. The molecule has 0 spiro atoms. The third-order valence-corrected chi connectivity index (χ3v) is 4.05. The fourth-order valence-corrected chi connectivity index (χ4v) is 2.27. The molecule has 6 heteroatoms. The molecule has 0 fully saturated rings. The van der Waals surface area contributed by atoms with Gasteiger partial charge in [-0.05, 0) is 31.7 Å². The number of aliphatic hydroxyl groups excluding tert-OH is 1. The first-order chi connectivity index (χ1) is 8.90. The van der Waals surface area contributed by atoms with Crippen LogP contribution in [0, 0.1) is 18.6 Å². The van der Waals surface area contributed by atoms with Gasteiger partial charge in [-0.25, -0.2) is 8.78 Å². The molecule has 0 unspecified atom stereocenters. The van der Waals surface area contributed by atoms with Gasteiger partial charge in [0.1, 0.15) is 11.6 Å². The summed E-state index contributed by atoms with van der Waals surface area (Å²) < 4.78 is 26.7. The Hall–Kier alpha value is -1.14. The van der Waals surface area contributed by atoms with Gasteiger partial charge in [-0.2, -0.15) is 11.8 Å². The number of carbonyl (C=O) groups excluding carboxylic acids is 1. The average molecular weight is 289 g/mol. The molecule has 0 heterocycles. The smallest absolute Gasteiger partial charge is 0.254 e. The van der Waals surface area contributed by atoms with E-state index in [1.54, 1.807) is 6.92 Å². The van der Waals surface area contributed by atoms with Crippen molar-refractivity contribution in [2.75, 3.05) is 12.9 Å². The van der Waals surface area contributed by atoms with Crippen molar-refractivity contribution in [2.45, 2.75) is 25.1 Å². The SMILES string of the molecule is CS[C@H](CO)[C@H](C)NC(=O)c1cc(C)c(F)cc1F. The van der Waals surface area contributed by atoms with Crippen LogP contribution in [0.5, 0.6) is 0 Å². The van der Waals surface area contributed by atoms with Gasteiger partial charge in [-0.1, -0.05) is 0 Å². The van der Waals surface area contributed by atoms with Crippen LogP contribution in [0.4, 0.5) is 8.78 Å². The molecular formula is C13H17F2NO2S. The van der Waals surface area contributed by atoms with Crippen LogP contribution < -0.4 is 5.32 Å². The summed E-state index contributed by atoms with van der Waals surface area (Å²) in [5.41, 5.74) is 0.0197. The minimum Gasteiger partial charge on any atom is -0.395 e. The molecule has 19 heavy (non-hydrogen) atoms. The van der Waals surface area contributed by atoms with Crippen molar-refractivity contribution < 1.29 is 18.7 Å². The maximum atomic E-state index is 13.5. The van der Waals surface area contributed by atoms with E-state index in [1.165, 1.54) is 24.8 Å². The fourth-order valence-electron chi connectivity index (χ4n) is 1.65. The van der Waals surface area contributed by atoms with E-state index in [0.717, 1.165) is 0 Å². The minimum atomic E-state index is -0.891. The zero-order valence-electron chi connectivity index (χ0n) is 11.0. The number of amides is 1. The van der Waals surface area contributed by atoms with Crippen LogP contribution in [0.15, 0.2) is 12.1 Å². The van der Waals surface area contributed by atoms with Crippen molar-refractivity contribution in [1.29, 1.82) is 0 Å². The first kappa shape index (κ1) is 15.9. The molecule has 0 aliphatic rings. The second-order valence-corrected chi connectivity index (χ2v) is 5.38. The Morgan fingerprint density at radius 2 is 2.05 bits per heavy atom. The van der Waals surface area contributed by atoms with Gasteiger partial charge < -0.3 is 10.4 Å². The molecule has 1 aromatic carbocycles. The van der Waals surface area contributed by atoms with Crippen LogP contribution in [0.3, 0.4) is 0 Å². The van der Waals surface area contributed by atoms with Crippen molar-refractivity contribution >= 4 is 17.7 Å². The van der Waals surface area contributed by atoms with Gasteiger partial charge in [0.2, 0.25) is 0 Å². The van der Waals surface area contributed by atoms with Gasteiger partial charge in [0.15, 0.2) is 0 Å². The molecular weight excluding hydrogens is 272 g/mol. The summed E-state index contributed by atoms with van der Waals surface area (Å²) in [6.07, 6.45) is 1.81. The molecule has 0 saturated heterocycles. The molecule has 1 amide bonds. The van der Waals surface area contributed by atoms with Gasteiger partial charge >= 0.3 is 0 Å². The van der Waals surface area contributed by atoms with Gasteiger partial charge in [0.05, 0.1) is 12.2 Å². The minimum absolute atomic E-state index is 0.0897. The highest BCUT2D eigenvalue weighted by Crippen LogP contribution is 2.16. The number of hydrogen-bond acceptors (Lipinski definition) is 3. The van der Waals surface area contributed by atoms with Crippen molar-refractivity contribution in [1.82, 2.24) is 5.32 Å². The average Bonchev–Trinajstić information content (AvgIpc) is 2.35. The molecule has 0 aromatic heterocycles. The standard InChI is InChI=1S/C13H17F2NO2S/c1-7-4-9(11(15)5-10(7)14)13(18)16-8(2)12(6-17)19-3/h4-5,8,12,17H,6H2,1-3H3,(H,16,18)/t8-,12+/m0/s1. The van der Waals surface area contributed by atoms with Gasteiger partial charge in [-0.3, -0.25) is 4.79 Å². The zero-order chi connectivity index (χ0) is 14.6. The van der Waals surface area contributed by atoms with Gasteiger partial charge in [-0.15, -0.1) is 0 Å². The molecule has 1 aromatic rings. The topological polar surface area (TPSA) is 49.3 Å². The Kier molecular flexibility index (Phi) is 5.75. The Balaban J connectivity index is 2.87. The quantitative estimate of drug-likeness (QED) is 0.873. The summed E-state index contributed by atoms with van der Waals surface area (Å²) in [7, 11) is 0. The molecule has 2 atom stereocenters. The lowest BCUT2D eigenvalue weighted by atomic mass is 10.1. The van der Waals surface area contributed by atoms with E-state index >= 15 is 0 Å². The molecule has 106 valence electrons. The Morgan fingerprint density at radius 1 is 1.42 bits per heavy atom. The predicted molar refractivity (Wildman–Crippen MR) is 72.4 cm³/mol. The summed E-state index contributed by atoms with van der Waals surface area (Å²) in [4.78, 5) is 11.9. The normalized spacial score (nSPS) is 14.0. The number of carbonyl (C=O) groups is 1. The number of aryl methyl sites for hydroxylation is 1. The third-order valence-electron chi connectivity index (χ3n) is 2.89. The number of halogens is 2. The van der Waals surface area contributed by atoms with E-state index in [-0.39, 0.29) is 29.0 Å². The van der Waals surface area contributed by atoms with Crippen molar-refractivity contribution in [3.63, 3.8) is 0 Å². The third kappa shape index (κ3) is 3.91. The van der Waals surface area contributed by atoms with E-state index in [2.05, 4.69) is 5.32 Å². The predicted octanol–water partition coefficient (Wildman–Crippen LogP) is 2.12. The largest absolute Gasteiger partial charge is 0.395 e. The number of rotatable bonds is 5. The van der Waals surface area contributed by atoms with E-state index in [0.29, 0.717) is 6.07 Å². The number of hydrogen-bond donors (Lipinski definition) is 2. The van der Waals surface area contributed by atoms with E-state index in [4.69, 9.17) is 5.11 Å². The van der Waals surface area contributed by atoms with Gasteiger partial charge in [0, 0.05) is 17.4 Å². The van der Waals surface area contributed by atoms with Crippen LogP contribution in [0.1, 0.15) is 22.8 Å². The monoisotopic (exact) mass is 289 g/mol. The summed E-state index contributed by atoms with van der Waals surface area (Å²) in [5, 5.41) is 11.5. The number of nitrogens with one attached hydrogen (secondary N) is 1. The Morgan fingerprint density at radius 3 is 2.58 bits per heavy atom. The molecule has 0 radical (unpaired) electrons.